The average Bonchev–Trinajstić information content (AvgIpc) is 2.94. The number of carbonyl (C=O) groups is 1. The molecule has 0 aliphatic carbocycles. The Morgan fingerprint density at radius 2 is 2.32 bits per heavy atom. The molecule has 0 saturated carbocycles. The molecule has 0 spiro atoms. The van der Waals surface area contributed by atoms with Crippen LogP contribution in [-0.4, -0.2) is 48.5 Å². The molecule has 19 heavy (non-hydrogen) atoms. The fraction of sp³-hybridized carbons (Fsp3) is 0.462. The maximum absolute atomic E-state index is 12.2. The Bertz CT molecular complexity index is 436. The van der Waals surface area contributed by atoms with Gasteiger partial charge in [-0.2, -0.15) is 0 Å². The van der Waals surface area contributed by atoms with Crippen LogP contribution in [0, 0.1) is 0 Å². The van der Waals surface area contributed by atoms with Crippen LogP contribution < -0.4 is 5.32 Å². The van der Waals surface area contributed by atoms with Gasteiger partial charge in [-0.05, 0) is 32.5 Å². The second-order valence-corrected chi connectivity index (χ2v) is 4.86. The van der Waals surface area contributed by atoms with Crippen molar-refractivity contribution in [3.63, 3.8) is 0 Å². The fourth-order valence-electron chi connectivity index (χ4n) is 2.61. The van der Waals surface area contributed by atoms with E-state index in [1.807, 2.05) is 11.9 Å². The minimum atomic E-state index is -1.09. The van der Waals surface area contributed by atoms with E-state index in [1.165, 1.54) is 6.08 Å². The normalized spacial score (nSPS) is 27.4. The molecule has 6 heteroatoms. The highest BCUT2D eigenvalue weighted by atomic mass is 16.5. The van der Waals surface area contributed by atoms with Crippen LogP contribution in [0.1, 0.15) is 12.8 Å². The first-order valence-corrected chi connectivity index (χ1v) is 6.43. The SMILES string of the molecule is C=CC1=C(C=C)C(NC(=O)C2CCCN2C)B(O)O1. The van der Waals surface area contributed by atoms with Crippen molar-refractivity contribution in [2.24, 2.45) is 0 Å². The molecule has 0 aromatic rings. The number of nitrogens with one attached hydrogen (secondary N) is 1. The molecular formula is C13H19BN2O3. The van der Waals surface area contributed by atoms with E-state index in [9.17, 15) is 9.82 Å². The van der Waals surface area contributed by atoms with Crippen molar-refractivity contribution in [1.29, 1.82) is 0 Å². The van der Waals surface area contributed by atoms with Crippen molar-refractivity contribution in [3.05, 3.63) is 36.6 Å². The Hall–Kier alpha value is -1.53. The number of carbonyl (C=O) groups excluding carboxylic acids is 1. The smallest absolute Gasteiger partial charge is 0.534 e. The van der Waals surface area contributed by atoms with Gasteiger partial charge in [0.25, 0.3) is 0 Å². The topological polar surface area (TPSA) is 61.8 Å². The molecule has 2 aliphatic rings. The summed E-state index contributed by atoms with van der Waals surface area (Å²) in [5, 5.41) is 12.7. The first kappa shape index (κ1) is 13.9. The third-order valence-corrected chi connectivity index (χ3v) is 3.68. The zero-order valence-corrected chi connectivity index (χ0v) is 11.1. The summed E-state index contributed by atoms with van der Waals surface area (Å²) >= 11 is 0. The van der Waals surface area contributed by atoms with Crippen LogP contribution in [0.4, 0.5) is 0 Å². The maximum atomic E-state index is 12.2. The van der Waals surface area contributed by atoms with Crippen molar-refractivity contribution in [2.45, 2.75) is 24.8 Å². The molecule has 2 atom stereocenters. The van der Waals surface area contributed by atoms with E-state index in [0.717, 1.165) is 19.4 Å². The van der Waals surface area contributed by atoms with E-state index in [4.69, 9.17) is 4.65 Å². The molecule has 0 radical (unpaired) electrons. The fourth-order valence-corrected chi connectivity index (χ4v) is 2.61. The van der Waals surface area contributed by atoms with Crippen molar-refractivity contribution < 1.29 is 14.5 Å². The first-order chi connectivity index (χ1) is 9.08. The lowest BCUT2D eigenvalue weighted by Crippen LogP contribution is -2.51. The van der Waals surface area contributed by atoms with E-state index in [-0.39, 0.29) is 11.9 Å². The molecule has 2 rings (SSSR count). The molecule has 1 saturated heterocycles. The second-order valence-electron chi connectivity index (χ2n) is 4.86. The van der Waals surface area contributed by atoms with Gasteiger partial charge in [0.05, 0.1) is 6.04 Å². The molecule has 5 nitrogen and oxygen atoms in total. The Balaban J connectivity index is 2.09. The molecule has 2 N–H and O–H groups in total. The summed E-state index contributed by atoms with van der Waals surface area (Å²) in [4.78, 5) is 14.2. The quantitative estimate of drug-likeness (QED) is 0.712. The first-order valence-electron chi connectivity index (χ1n) is 6.43. The highest BCUT2D eigenvalue weighted by Gasteiger charge is 2.41. The van der Waals surface area contributed by atoms with Crippen molar-refractivity contribution in [3.8, 4) is 0 Å². The second kappa shape index (κ2) is 5.63. The average molecular weight is 262 g/mol. The van der Waals surface area contributed by atoms with Crippen molar-refractivity contribution >= 4 is 13.0 Å². The summed E-state index contributed by atoms with van der Waals surface area (Å²) < 4.78 is 5.23. The van der Waals surface area contributed by atoms with Gasteiger partial charge in [0.1, 0.15) is 11.7 Å². The third-order valence-electron chi connectivity index (χ3n) is 3.68. The van der Waals surface area contributed by atoms with Crippen molar-refractivity contribution in [2.75, 3.05) is 13.6 Å². The number of amides is 1. The van der Waals surface area contributed by atoms with Crippen LogP contribution in [0.25, 0.3) is 0 Å². The molecular weight excluding hydrogens is 243 g/mol. The van der Waals surface area contributed by atoms with Gasteiger partial charge in [-0.3, -0.25) is 9.69 Å². The van der Waals surface area contributed by atoms with Crippen LogP contribution in [0.2, 0.25) is 0 Å². The zero-order valence-electron chi connectivity index (χ0n) is 11.1. The molecule has 1 fully saturated rings. The highest BCUT2D eigenvalue weighted by Crippen LogP contribution is 2.24. The van der Waals surface area contributed by atoms with Crippen LogP contribution in [0.15, 0.2) is 36.6 Å². The van der Waals surface area contributed by atoms with E-state index in [2.05, 4.69) is 18.5 Å². The third kappa shape index (κ3) is 2.59. The lowest BCUT2D eigenvalue weighted by atomic mass is 9.76. The van der Waals surface area contributed by atoms with Gasteiger partial charge in [-0.1, -0.05) is 19.2 Å². The number of rotatable bonds is 4. The number of likely N-dealkylation sites (N-methyl/N-ethyl adjacent to an activating group) is 1. The largest absolute Gasteiger partial charge is 0.551 e. The Kier molecular flexibility index (Phi) is 4.12. The van der Waals surface area contributed by atoms with Gasteiger partial charge >= 0.3 is 7.12 Å². The number of likely N-dealkylation sites (tertiary alicyclic amines) is 1. The molecule has 0 aromatic heterocycles. The number of hydrogen-bond donors (Lipinski definition) is 2. The Morgan fingerprint density at radius 1 is 1.58 bits per heavy atom. The van der Waals surface area contributed by atoms with Gasteiger partial charge in [0, 0.05) is 5.57 Å². The van der Waals surface area contributed by atoms with E-state index >= 15 is 0 Å². The van der Waals surface area contributed by atoms with Crippen LogP contribution in [0.5, 0.6) is 0 Å². The summed E-state index contributed by atoms with van der Waals surface area (Å²) in [5.74, 6) is -0.197. The zero-order chi connectivity index (χ0) is 14.0. The van der Waals surface area contributed by atoms with E-state index in [0.29, 0.717) is 11.3 Å². The molecule has 2 heterocycles. The van der Waals surface area contributed by atoms with Crippen LogP contribution in [-0.2, 0) is 9.45 Å². The monoisotopic (exact) mass is 262 g/mol. The molecule has 0 bridgehead atoms. The maximum Gasteiger partial charge on any atom is 0.551 e. The van der Waals surface area contributed by atoms with E-state index < -0.39 is 13.1 Å². The lowest BCUT2D eigenvalue weighted by molar-refractivity contribution is -0.125. The van der Waals surface area contributed by atoms with E-state index in [1.54, 1.807) is 6.08 Å². The molecule has 2 aliphatic heterocycles. The summed E-state index contributed by atoms with van der Waals surface area (Å²) in [6.07, 6.45) is 4.94. The van der Waals surface area contributed by atoms with Gasteiger partial charge in [-0.15, -0.1) is 0 Å². The number of hydrogen-bond acceptors (Lipinski definition) is 4. The predicted molar refractivity (Wildman–Crippen MR) is 74.1 cm³/mol. The lowest BCUT2D eigenvalue weighted by Gasteiger charge is -2.21. The number of nitrogens with zero attached hydrogens (tertiary/aromatic N) is 1. The molecule has 2 unspecified atom stereocenters. The standard InChI is InChI=1S/C13H19BN2O3/c1-4-9-11(5-2)19-14(18)12(9)15-13(17)10-7-6-8-16(10)3/h4-5,10,12,18H,1-2,6-8H2,3H3,(H,15,17). The van der Waals surface area contributed by atoms with Gasteiger partial charge in [0.2, 0.25) is 5.91 Å². The van der Waals surface area contributed by atoms with Gasteiger partial charge in [0.15, 0.2) is 0 Å². The summed E-state index contributed by atoms with van der Waals surface area (Å²) in [5.41, 5.74) is 0.663. The van der Waals surface area contributed by atoms with Gasteiger partial charge in [-0.25, -0.2) is 0 Å². The van der Waals surface area contributed by atoms with Crippen LogP contribution in [0.3, 0.4) is 0 Å². The summed E-state index contributed by atoms with van der Waals surface area (Å²) in [6, 6.07) is -0.133. The Labute approximate surface area is 113 Å². The minimum Gasteiger partial charge on any atom is -0.534 e. The Morgan fingerprint density at radius 3 is 2.84 bits per heavy atom. The summed E-state index contributed by atoms with van der Waals surface area (Å²) in [7, 11) is 0.842. The minimum absolute atomic E-state index is 0.0858. The predicted octanol–water partition coefficient (Wildman–Crippen LogP) is 0.241. The highest BCUT2D eigenvalue weighted by molar-refractivity contribution is 6.48. The van der Waals surface area contributed by atoms with Crippen LogP contribution >= 0.6 is 0 Å². The molecule has 1 amide bonds. The molecule has 102 valence electrons. The molecule has 0 aromatic carbocycles. The van der Waals surface area contributed by atoms with Gasteiger partial charge < -0.3 is 15.0 Å². The summed E-state index contributed by atoms with van der Waals surface area (Å²) in [6.45, 7) is 8.22. The number of allylic oxidation sites excluding steroid dienone is 1. The van der Waals surface area contributed by atoms with Crippen molar-refractivity contribution in [1.82, 2.24) is 10.2 Å².